The van der Waals surface area contributed by atoms with Gasteiger partial charge >= 0.3 is 5.97 Å². The van der Waals surface area contributed by atoms with E-state index in [9.17, 15) is 14.7 Å². The third-order valence-electron chi connectivity index (χ3n) is 4.10. The average molecular weight is 252 g/mol. The Labute approximate surface area is 107 Å². The molecule has 18 heavy (non-hydrogen) atoms. The normalized spacial score (nSPS) is 32.8. The Hall–Kier alpha value is -1.36. The van der Waals surface area contributed by atoms with E-state index >= 15 is 0 Å². The fraction of sp³-hybridized carbons (Fsp3) is 0.692. The number of allylic oxidation sites excluding steroid dienone is 2. The van der Waals surface area contributed by atoms with E-state index in [1.54, 1.807) is 11.9 Å². The number of hydrogen-bond acceptors (Lipinski definition) is 3. The molecule has 4 unspecified atom stereocenters. The number of nitrogens with one attached hydrogen (secondary N) is 1. The summed E-state index contributed by atoms with van der Waals surface area (Å²) in [5, 5.41) is 12.3. The van der Waals surface area contributed by atoms with Crippen LogP contribution >= 0.6 is 0 Å². The quantitative estimate of drug-likeness (QED) is 0.685. The number of carboxylic acid groups (broad SMARTS) is 1. The number of aliphatic carboxylic acids is 1. The first-order valence-corrected chi connectivity index (χ1v) is 6.37. The number of carboxylic acids is 1. The highest BCUT2D eigenvalue weighted by Crippen LogP contribution is 2.48. The van der Waals surface area contributed by atoms with E-state index in [0.29, 0.717) is 6.54 Å². The summed E-state index contributed by atoms with van der Waals surface area (Å²) in [6.45, 7) is 1.33. The van der Waals surface area contributed by atoms with Gasteiger partial charge in [-0.15, -0.1) is 0 Å². The zero-order chi connectivity index (χ0) is 13.3. The molecule has 0 aromatic carbocycles. The average Bonchev–Trinajstić information content (AvgIpc) is 2.94. The summed E-state index contributed by atoms with van der Waals surface area (Å²) in [7, 11) is 3.58. The highest BCUT2D eigenvalue weighted by atomic mass is 16.4. The minimum atomic E-state index is -0.841. The molecule has 4 atom stereocenters. The van der Waals surface area contributed by atoms with Crippen LogP contribution < -0.4 is 5.32 Å². The van der Waals surface area contributed by atoms with Crippen LogP contribution in [0.2, 0.25) is 0 Å². The van der Waals surface area contributed by atoms with Crippen molar-refractivity contribution in [2.75, 3.05) is 27.2 Å². The lowest BCUT2D eigenvalue weighted by Gasteiger charge is -2.28. The first-order valence-electron chi connectivity index (χ1n) is 6.37. The second-order valence-corrected chi connectivity index (χ2v) is 5.20. The van der Waals surface area contributed by atoms with E-state index in [2.05, 4.69) is 5.32 Å². The number of carbonyl (C=O) groups is 2. The molecule has 0 aromatic rings. The fourth-order valence-corrected chi connectivity index (χ4v) is 3.14. The largest absolute Gasteiger partial charge is 0.481 e. The van der Waals surface area contributed by atoms with Crippen molar-refractivity contribution in [2.45, 2.75) is 6.42 Å². The van der Waals surface area contributed by atoms with E-state index < -0.39 is 11.9 Å². The van der Waals surface area contributed by atoms with E-state index in [1.807, 2.05) is 19.2 Å². The van der Waals surface area contributed by atoms with Crippen molar-refractivity contribution >= 4 is 11.9 Å². The molecule has 2 bridgehead atoms. The number of likely N-dealkylation sites (N-methyl/N-ethyl adjacent to an activating group) is 2. The molecular weight excluding hydrogens is 232 g/mol. The Morgan fingerprint density at radius 1 is 1.33 bits per heavy atom. The van der Waals surface area contributed by atoms with E-state index in [4.69, 9.17) is 0 Å². The van der Waals surface area contributed by atoms with Crippen LogP contribution in [0.5, 0.6) is 0 Å². The lowest BCUT2D eigenvalue weighted by molar-refractivity contribution is -0.150. The van der Waals surface area contributed by atoms with Crippen molar-refractivity contribution in [2.24, 2.45) is 23.7 Å². The van der Waals surface area contributed by atoms with Crippen molar-refractivity contribution in [3.05, 3.63) is 12.2 Å². The van der Waals surface area contributed by atoms with Crippen LogP contribution in [0.25, 0.3) is 0 Å². The predicted molar refractivity (Wildman–Crippen MR) is 66.9 cm³/mol. The molecular formula is C13H20N2O3. The van der Waals surface area contributed by atoms with Crippen LogP contribution in [-0.2, 0) is 9.59 Å². The maximum absolute atomic E-state index is 12.4. The van der Waals surface area contributed by atoms with Crippen molar-refractivity contribution in [3.8, 4) is 0 Å². The van der Waals surface area contributed by atoms with Gasteiger partial charge in [-0.2, -0.15) is 0 Å². The van der Waals surface area contributed by atoms with Gasteiger partial charge in [-0.1, -0.05) is 12.2 Å². The molecule has 0 radical (unpaired) electrons. The molecule has 0 aliphatic heterocycles. The van der Waals surface area contributed by atoms with Crippen LogP contribution in [0.3, 0.4) is 0 Å². The van der Waals surface area contributed by atoms with Gasteiger partial charge in [-0.25, -0.2) is 0 Å². The molecule has 2 N–H and O–H groups in total. The molecule has 1 fully saturated rings. The Morgan fingerprint density at radius 2 is 1.94 bits per heavy atom. The molecule has 0 saturated heterocycles. The summed E-state index contributed by atoms with van der Waals surface area (Å²) in [5.74, 6) is -1.63. The molecule has 0 aromatic heterocycles. The third kappa shape index (κ3) is 2.14. The number of hydrogen-bond donors (Lipinski definition) is 2. The minimum Gasteiger partial charge on any atom is -0.481 e. The lowest BCUT2D eigenvalue weighted by atomic mass is 9.82. The van der Waals surface area contributed by atoms with Crippen LogP contribution in [-0.4, -0.2) is 49.1 Å². The molecule has 100 valence electrons. The predicted octanol–water partition coefficient (Wildman–Crippen LogP) is 0.187. The Morgan fingerprint density at radius 3 is 2.50 bits per heavy atom. The molecule has 5 nitrogen and oxygen atoms in total. The number of nitrogens with zero attached hydrogens (tertiary/aromatic N) is 1. The highest BCUT2D eigenvalue weighted by Gasteiger charge is 2.52. The number of rotatable bonds is 5. The fourth-order valence-electron chi connectivity index (χ4n) is 3.14. The molecule has 2 aliphatic rings. The van der Waals surface area contributed by atoms with Crippen molar-refractivity contribution in [1.82, 2.24) is 10.2 Å². The van der Waals surface area contributed by atoms with Gasteiger partial charge in [0.05, 0.1) is 11.8 Å². The first-order chi connectivity index (χ1) is 8.56. The molecule has 5 heteroatoms. The van der Waals surface area contributed by atoms with Crippen molar-refractivity contribution in [3.63, 3.8) is 0 Å². The summed E-state index contributed by atoms with van der Waals surface area (Å²) in [4.78, 5) is 25.3. The summed E-state index contributed by atoms with van der Waals surface area (Å²) in [6, 6.07) is 0. The van der Waals surface area contributed by atoms with Gasteiger partial charge < -0.3 is 15.3 Å². The Kier molecular flexibility index (Phi) is 3.71. The summed E-state index contributed by atoms with van der Waals surface area (Å²) >= 11 is 0. The van der Waals surface area contributed by atoms with E-state index in [1.165, 1.54) is 0 Å². The second-order valence-electron chi connectivity index (χ2n) is 5.20. The SMILES string of the molecule is CNCCN(C)C(=O)C1C2C=CC(C2)C1C(=O)O. The first kappa shape index (κ1) is 13.1. The summed E-state index contributed by atoms with van der Waals surface area (Å²) < 4.78 is 0. The zero-order valence-electron chi connectivity index (χ0n) is 10.8. The number of amides is 1. The zero-order valence-corrected chi connectivity index (χ0v) is 10.8. The highest BCUT2D eigenvalue weighted by molar-refractivity contribution is 5.86. The molecule has 1 amide bonds. The van der Waals surface area contributed by atoms with Gasteiger partial charge in [0.2, 0.25) is 5.91 Å². The minimum absolute atomic E-state index is 0.0329. The molecule has 0 heterocycles. The number of fused-ring (bicyclic) bond motifs is 2. The topological polar surface area (TPSA) is 69.6 Å². The summed E-state index contributed by atoms with van der Waals surface area (Å²) in [5.41, 5.74) is 0. The van der Waals surface area contributed by atoms with Gasteiger partial charge in [0, 0.05) is 20.1 Å². The van der Waals surface area contributed by atoms with Crippen LogP contribution in [0, 0.1) is 23.7 Å². The van der Waals surface area contributed by atoms with Gasteiger partial charge in [0.25, 0.3) is 0 Å². The van der Waals surface area contributed by atoms with Crippen molar-refractivity contribution in [1.29, 1.82) is 0 Å². The Bertz CT molecular complexity index is 380. The third-order valence-corrected chi connectivity index (χ3v) is 4.10. The van der Waals surface area contributed by atoms with E-state index in [0.717, 1.165) is 13.0 Å². The monoisotopic (exact) mass is 252 g/mol. The molecule has 2 aliphatic carbocycles. The number of carbonyl (C=O) groups excluding carboxylic acids is 1. The van der Waals surface area contributed by atoms with Crippen LogP contribution in [0.4, 0.5) is 0 Å². The Balaban J connectivity index is 2.09. The van der Waals surface area contributed by atoms with E-state index in [-0.39, 0.29) is 23.7 Å². The molecule has 0 spiro atoms. The summed E-state index contributed by atoms with van der Waals surface area (Å²) in [6.07, 6.45) is 4.78. The maximum atomic E-state index is 12.4. The van der Waals surface area contributed by atoms with Crippen molar-refractivity contribution < 1.29 is 14.7 Å². The standard InChI is InChI=1S/C13H20N2O3/c1-14-5-6-15(2)12(16)10-8-3-4-9(7-8)11(10)13(17)18/h3-4,8-11,14H,5-7H2,1-2H3,(H,17,18). The van der Waals surface area contributed by atoms with Crippen LogP contribution in [0.15, 0.2) is 12.2 Å². The smallest absolute Gasteiger partial charge is 0.307 e. The second kappa shape index (κ2) is 5.10. The van der Waals surface area contributed by atoms with Gasteiger partial charge in [0.15, 0.2) is 0 Å². The molecule has 2 rings (SSSR count). The van der Waals surface area contributed by atoms with Crippen LogP contribution in [0.1, 0.15) is 6.42 Å². The van der Waals surface area contributed by atoms with Gasteiger partial charge in [0.1, 0.15) is 0 Å². The molecule has 1 saturated carbocycles. The lowest BCUT2D eigenvalue weighted by Crippen LogP contribution is -2.43. The van der Waals surface area contributed by atoms with Gasteiger partial charge in [-0.05, 0) is 25.3 Å². The van der Waals surface area contributed by atoms with Gasteiger partial charge in [-0.3, -0.25) is 9.59 Å². The maximum Gasteiger partial charge on any atom is 0.307 e.